The van der Waals surface area contributed by atoms with Gasteiger partial charge in [0.05, 0.1) is 5.52 Å². The molecule has 0 bridgehead atoms. The van der Waals surface area contributed by atoms with Crippen molar-refractivity contribution in [1.82, 2.24) is 4.98 Å². The third-order valence-corrected chi connectivity index (χ3v) is 4.13. The van der Waals surface area contributed by atoms with Crippen LogP contribution < -0.4 is 5.76 Å². The van der Waals surface area contributed by atoms with Gasteiger partial charge < -0.3 is 9.52 Å². The van der Waals surface area contributed by atoms with Crippen molar-refractivity contribution in [3.8, 4) is 0 Å². The smallest absolute Gasteiger partial charge is 0.408 e. The predicted molar refractivity (Wildman–Crippen MR) is 79.8 cm³/mol. The Labute approximate surface area is 123 Å². The highest BCUT2D eigenvalue weighted by Gasteiger charge is 2.13. The maximum Gasteiger partial charge on any atom is 0.417 e. The molecule has 1 aromatic heterocycles. The molecule has 0 fully saturated rings. The Hall–Kier alpha value is -1.85. The van der Waals surface area contributed by atoms with E-state index in [0.29, 0.717) is 16.7 Å². The van der Waals surface area contributed by atoms with Crippen LogP contribution in [0.15, 0.2) is 50.1 Å². The number of aryl methyl sites for hydroxylation is 1. The van der Waals surface area contributed by atoms with Crippen LogP contribution in [0.4, 0.5) is 0 Å². The van der Waals surface area contributed by atoms with E-state index in [1.54, 1.807) is 18.2 Å². The number of fused-ring (bicyclic) bond motifs is 1. The summed E-state index contributed by atoms with van der Waals surface area (Å²) in [7, 11) is 0. The molecule has 5 heteroatoms. The molecular formula is C15H12BrNO3. The molecule has 102 valence electrons. The van der Waals surface area contributed by atoms with Crippen molar-refractivity contribution in [1.29, 1.82) is 0 Å². The van der Waals surface area contributed by atoms with Crippen molar-refractivity contribution in [3.63, 3.8) is 0 Å². The van der Waals surface area contributed by atoms with E-state index in [1.165, 1.54) is 0 Å². The molecule has 1 atom stereocenters. The molecule has 0 saturated heterocycles. The van der Waals surface area contributed by atoms with E-state index in [4.69, 9.17) is 4.42 Å². The zero-order valence-electron chi connectivity index (χ0n) is 10.7. The number of benzene rings is 2. The van der Waals surface area contributed by atoms with Gasteiger partial charge in [0.25, 0.3) is 0 Å². The third kappa shape index (κ3) is 2.30. The number of halogens is 1. The summed E-state index contributed by atoms with van der Waals surface area (Å²) in [6.45, 7) is 1.99. The lowest BCUT2D eigenvalue weighted by Gasteiger charge is -2.12. The van der Waals surface area contributed by atoms with Crippen LogP contribution in [0.3, 0.4) is 0 Å². The van der Waals surface area contributed by atoms with Crippen molar-refractivity contribution < 1.29 is 9.52 Å². The average molecular weight is 334 g/mol. The van der Waals surface area contributed by atoms with Crippen molar-refractivity contribution in [3.05, 3.63) is 68.1 Å². The number of aliphatic hydroxyl groups is 1. The molecule has 2 aromatic carbocycles. The van der Waals surface area contributed by atoms with Gasteiger partial charge in [-0.25, -0.2) is 4.79 Å². The predicted octanol–water partition coefficient (Wildman–Crippen LogP) is 3.27. The maximum absolute atomic E-state index is 11.1. The molecule has 0 aliphatic carbocycles. The molecule has 1 unspecified atom stereocenters. The first-order valence-corrected chi connectivity index (χ1v) is 6.91. The Kier molecular flexibility index (Phi) is 3.23. The fourth-order valence-electron chi connectivity index (χ4n) is 2.10. The summed E-state index contributed by atoms with van der Waals surface area (Å²) < 4.78 is 5.95. The van der Waals surface area contributed by atoms with Gasteiger partial charge >= 0.3 is 5.76 Å². The van der Waals surface area contributed by atoms with Gasteiger partial charge in [-0.05, 0) is 41.8 Å². The minimum Gasteiger partial charge on any atom is -0.408 e. The molecule has 3 rings (SSSR count). The summed E-state index contributed by atoms with van der Waals surface area (Å²) >= 11 is 3.45. The first kappa shape index (κ1) is 13.1. The molecule has 3 aromatic rings. The average Bonchev–Trinajstić information content (AvgIpc) is 2.80. The highest BCUT2D eigenvalue weighted by Crippen LogP contribution is 2.27. The highest BCUT2D eigenvalue weighted by molar-refractivity contribution is 9.10. The van der Waals surface area contributed by atoms with Gasteiger partial charge in [0.15, 0.2) is 5.58 Å². The van der Waals surface area contributed by atoms with E-state index in [0.717, 1.165) is 15.6 Å². The second kappa shape index (κ2) is 4.92. The Morgan fingerprint density at radius 3 is 2.65 bits per heavy atom. The fourth-order valence-corrected chi connectivity index (χ4v) is 2.50. The van der Waals surface area contributed by atoms with Gasteiger partial charge in [-0.2, -0.15) is 0 Å². The van der Waals surface area contributed by atoms with Gasteiger partial charge in [-0.3, -0.25) is 4.98 Å². The minimum absolute atomic E-state index is 0.442. The largest absolute Gasteiger partial charge is 0.417 e. The Morgan fingerprint density at radius 2 is 1.90 bits per heavy atom. The molecular weight excluding hydrogens is 322 g/mol. The maximum atomic E-state index is 11.1. The summed E-state index contributed by atoms with van der Waals surface area (Å²) in [6, 6.07) is 10.9. The molecule has 0 aliphatic rings. The summed E-state index contributed by atoms with van der Waals surface area (Å²) in [5, 5.41) is 10.4. The van der Waals surface area contributed by atoms with Crippen molar-refractivity contribution in [2.75, 3.05) is 0 Å². The highest BCUT2D eigenvalue weighted by atomic mass is 79.9. The molecule has 0 radical (unpaired) electrons. The van der Waals surface area contributed by atoms with Crippen LogP contribution in [-0.4, -0.2) is 10.1 Å². The minimum atomic E-state index is -0.767. The summed E-state index contributed by atoms with van der Waals surface area (Å²) in [6.07, 6.45) is -0.767. The first-order chi connectivity index (χ1) is 9.54. The second-order valence-corrected chi connectivity index (χ2v) is 5.54. The topological polar surface area (TPSA) is 66.2 Å². The van der Waals surface area contributed by atoms with Crippen LogP contribution in [0.25, 0.3) is 11.1 Å². The normalized spacial score (nSPS) is 12.8. The number of nitrogens with one attached hydrogen (secondary N) is 1. The van der Waals surface area contributed by atoms with Crippen molar-refractivity contribution in [2.45, 2.75) is 13.0 Å². The number of aromatic nitrogens is 1. The molecule has 1 heterocycles. The van der Waals surface area contributed by atoms with E-state index >= 15 is 0 Å². The molecule has 0 aliphatic heterocycles. The van der Waals surface area contributed by atoms with Crippen molar-refractivity contribution >= 4 is 27.0 Å². The fraction of sp³-hybridized carbons (Fsp3) is 0.133. The number of aromatic amines is 1. The van der Waals surface area contributed by atoms with Crippen LogP contribution >= 0.6 is 15.9 Å². The zero-order valence-corrected chi connectivity index (χ0v) is 12.3. The molecule has 20 heavy (non-hydrogen) atoms. The van der Waals surface area contributed by atoms with E-state index < -0.39 is 11.9 Å². The molecule has 2 N–H and O–H groups in total. The quantitative estimate of drug-likeness (QED) is 0.756. The van der Waals surface area contributed by atoms with Crippen LogP contribution in [0.1, 0.15) is 22.8 Å². The van der Waals surface area contributed by atoms with Crippen LogP contribution in [0.5, 0.6) is 0 Å². The zero-order chi connectivity index (χ0) is 14.3. The molecule has 0 saturated carbocycles. The van der Waals surface area contributed by atoms with Crippen LogP contribution in [-0.2, 0) is 0 Å². The molecule has 0 spiro atoms. The van der Waals surface area contributed by atoms with Gasteiger partial charge in [-0.15, -0.1) is 0 Å². The summed E-state index contributed by atoms with van der Waals surface area (Å²) in [5.41, 5.74) is 3.62. The van der Waals surface area contributed by atoms with E-state index in [1.807, 2.05) is 25.1 Å². The number of aliphatic hydroxyl groups excluding tert-OH is 1. The molecule has 0 amide bonds. The number of hydrogen-bond donors (Lipinski definition) is 2. The lowest BCUT2D eigenvalue weighted by atomic mass is 10.0. The Bertz CT molecular complexity index is 834. The number of hydrogen-bond acceptors (Lipinski definition) is 3. The van der Waals surface area contributed by atoms with Crippen LogP contribution in [0.2, 0.25) is 0 Å². The monoisotopic (exact) mass is 333 g/mol. The molecule has 4 nitrogen and oxygen atoms in total. The number of rotatable bonds is 2. The standard InChI is InChI=1S/C15H12BrNO3/c1-8-2-3-9(6-11(8)16)14(18)10-4-5-12-13(7-10)20-15(19)17-12/h2-7,14,18H,1H3,(H,17,19). The van der Waals surface area contributed by atoms with Crippen LogP contribution in [0, 0.1) is 6.92 Å². The van der Waals surface area contributed by atoms with E-state index in [9.17, 15) is 9.90 Å². The third-order valence-electron chi connectivity index (χ3n) is 3.27. The second-order valence-electron chi connectivity index (χ2n) is 4.68. The number of oxazole rings is 1. The Balaban J connectivity index is 2.04. The van der Waals surface area contributed by atoms with Gasteiger partial charge in [0, 0.05) is 4.47 Å². The first-order valence-electron chi connectivity index (χ1n) is 6.11. The van der Waals surface area contributed by atoms with Gasteiger partial charge in [-0.1, -0.05) is 34.1 Å². The van der Waals surface area contributed by atoms with E-state index in [-0.39, 0.29) is 0 Å². The lowest BCUT2D eigenvalue weighted by molar-refractivity contribution is 0.220. The SMILES string of the molecule is Cc1ccc(C(O)c2ccc3[nH]c(=O)oc3c2)cc1Br. The summed E-state index contributed by atoms with van der Waals surface area (Å²) in [5.74, 6) is -0.496. The van der Waals surface area contributed by atoms with Gasteiger partial charge in [0.1, 0.15) is 6.10 Å². The van der Waals surface area contributed by atoms with E-state index in [2.05, 4.69) is 20.9 Å². The lowest BCUT2D eigenvalue weighted by Crippen LogP contribution is -1.99. The van der Waals surface area contributed by atoms with Crippen molar-refractivity contribution in [2.24, 2.45) is 0 Å². The van der Waals surface area contributed by atoms with Gasteiger partial charge in [0.2, 0.25) is 0 Å². The number of H-pyrrole nitrogens is 1. The summed E-state index contributed by atoms with van der Waals surface area (Å²) in [4.78, 5) is 13.7. The Morgan fingerprint density at radius 1 is 1.20 bits per heavy atom.